The van der Waals surface area contributed by atoms with Gasteiger partial charge in [0.05, 0.1) is 0 Å². The van der Waals surface area contributed by atoms with Gasteiger partial charge in [-0.3, -0.25) is 4.90 Å². The van der Waals surface area contributed by atoms with Gasteiger partial charge in [-0.05, 0) is 47.4 Å². The fourth-order valence-corrected chi connectivity index (χ4v) is 3.73. The maximum Gasteiger partial charge on any atom is 0.0369 e. The first-order chi connectivity index (χ1) is 12.8. The topological polar surface area (TPSA) is 6.48 Å². The van der Waals surface area contributed by atoms with Crippen LogP contribution in [-0.4, -0.2) is 31.1 Å². The molecule has 26 heavy (non-hydrogen) atoms. The largest absolute Gasteiger partial charge is 0.369 e. The molecule has 0 aromatic heterocycles. The Morgan fingerprint density at radius 2 is 1.42 bits per heavy atom. The van der Waals surface area contributed by atoms with Crippen LogP contribution in [0.4, 0.5) is 5.69 Å². The minimum atomic E-state index is 1.03. The molecule has 0 spiro atoms. The van der Waals surface area contributed by atoms with E-state index in [1.54, 1.807) is 0 Å². The summed E-state index contributed by atoms with van der Waals surface area (Å²) in [5.74, 6) is 0. The highest BCUT2D eigenvalue weighted by atomic mass is 15.3. The van der Waals surface area contributed by atoms with Crippen molar-refractivity contribution in [2.45, 2.75) is 13.5 Å². The van der Waals surface area contributed by atoms with Crippen molar-refractivity contribution in [3.63, 3.8) is 0 Å². The van der Waals surface area contributed by atoms with Gasteiger partial charge in [-0.25, -0.2) is 0 Å². The summed E-state index contributed by atoms with van der Waals surface area (Å²) in [5.41, 5.74) is 6.69. The monoisotopic (exact) mass is 342 g/mol. The van der Waals surface area contributed by atoms with Gasteiger partial charge < -0.3 is 4.90 Å². The molecule has 2 heteroatoms. The molecule has 1 heterocycles. The predicted molar refractivity (Wildman–Crippen MR) is 111 cm³/mol. The van der Waals surface area contributed by atoms with Crippen molar-refractivity contribution < 1.29 is 0 Å². The van der Waals surface area contributed by atoms with Crippen molar-refractivity contribution in [2.24, 2.45) is 0 Å². The van der Waals surface area contributed by atoms with Crippen LogP contribution < -0.4 is 4.90 Å². The van der Waals surface area contributed by atoms with Crippen LogP contribution in [0.5, 0.6) is 0 Å². The Hall–Kier alpha value is -2.58. The zero-order valence-corrected chi connectivity index (χ0v) is 15.4. The maximum absolute atomic E-state index is 2.57. The van der Waals surface area contributed by atoms with E-state index >= 15 is 0 Å². The Morgan fingerprint density at radius 1 is 0.692 bits per heavy atom. The molecule has 0 bridgehead atoms. The summed E-state index contributed by atoms with van der Waals surface area (Å²) in [5, 5.41) is 0. The van der Waals surface area contributed by atoms with Gasteiger partial charge in [0.1, 0.15) is 0 Å². The standard InChI is InChI=1S/C24H26N2/c1-20-7-5-12-24(17-20)26-15-13-25(14-16-26)19-21-8-6-11-23(18-21)22-9-3-2-4-10-22/h2-12,17-18H,13-16,19H2,1H3. The number of benzene rings is 3. The molecule has 4 rings (SSSR count). The molecule has 0 N–H and O–H groups in total. The number of aryl methyl sites for hydroxylation is 1. The molecular weight excluding hydrogens is 316 g/mol. The van der Waals surface area contributed by atoms with Crippen LogP contribution in [-0.2, 0) is 6.54 Å². The van der Waals surface area contributed by atoms with Gasteiger partial charge in [0, 0.05) is 38.4 Å². The summed E-state index contributed by atoms with van der Waals surface area (Å²) < 4.78 is 0. The summed E-state index contributed by atoms with van der Waals surface area (Å²) in [6.07, 6.45) is 0. The fraction of sp³-hybridized carbons (Fsp3) is 0.250. The molecule has 132 valence electrons. The molecule has 2 nitrogen and oxygen atoms in total. The number of anilines is 1. The average Bonchev–Trinajstić information content (AvgIpc) is 2.69. The third kappa shape index (κ3) is 3.97. The molecule has 0 amide bonds. The Kier molecular flexibility index (Phi) is 5.03. The van der Waals surface area contributed by atoms with Gasteiger partial charge in [-0.2, -0.15) is 0 Å². The van der Waals surface area contributed by atoms with Crippen LogP contribution in [0.1, 0.15) is 11.1 Å². The van der Waals surface area contributed by atoms with E-state index in [2.05, 4.69) is 95.6 Å². The van der Waals surface area contributed by atoms with E-state index in [4.69, 9.17) is 0 Å². The third-order valence-corrected chi connectivity index (χ3v) is 5.18. The fourth-order valence-electron chi connectivity index (χ4n) is 3.73. The first kappa shape index (κ1) is 16.9. The van der Waals surface area contributed by atoms with Gasteiger partial charge >= 0.3 is 0 Å². The smallest absolute Gasteiger partial charge is 0.0369 e. The highest BCUT2D eigenvalue weighted by molar-refractivity contribution is 5.63. The van der Waals surface area contributed by atoms with Gasteiger partial charge in [0.15, 0.2) is 0 Å². The highest BCUT2D eigenvalue weighted by Crippen LogP contribution is 2.22. The third-order valence-electron chi connectivity index (χ3n) is 5.18. The van der Waals surface area contributed by atoms with E-state index in [9.17, 15) is 0 Å². The molecule has 0 saturated carbocycles. The van der Waals surface area contributed by atoms with E-state index < -0.39 is 0 Å². The van der Waals surface area contributed by atoms with Crippen LogP contribution in [0.2, 0.25) is 0 Å². The minimum absolute atomic E-state index is 1.03. The Bertz CT molecular complexity index is 849. The summed E-state index contributed by atoms with van der Waals surface area (Å²) >= 11 is 0. The lowest BCUT2D eigenvalue weighted by atomic mass is 10.0. The molecular formula is C24H26N2. The van der Waals surface area contributed by atoms with Crippen molar-refractivity contribution in [3.05, 3.63) is 90.0 Å². The number of nitrogens with zero attached hydrogens (tertiary/aromatic N) is 2. The molecule has 1 aliphatic heterocycles. The SMILES string of the molecule is Cc1cccc(N2CCN(Cc3cccc(-c4ccccc4)c3)CC2)c1. The Balaban J connectivity index is 1.39. The highest BCUT2D eigenvalue weighted by Gasteiger charge is 2.17. The summed E-state index contributed by atoms with van der Waals surface area (Å²) in [4.78, 5) is 5.07. The molecule has 1 fully saturated rings. The van der Waals surface area contributed by atoms with E-state index in [1.165, 1.54) is 27.9 Å². The van der Waals surface area contributed by atoms with Crippen LogP contribution in [0.15, 0.2) is 78.9 Å². The van der Waals surface area contributed by atoms with Crippen LogP contribution >= 0.6 is 0 Å². The second kappa shape index (κ2) is 7.76. The van der Waals surface area contributed by atoms with E-state index in [0.29, 0.717) is 0 Å². The molecule has 3 aromatic carbocycles. The van der Waals surface area contributed by atoms with E-state index in [-0.39, 0.29) is 0 Å². The van der Waals surface area contributed by atoms with Crippen molar-refractivity contribution in [1.82, 2.24) is 4.90 Å². The summed E-state index contributed by atoms with van der Waals surface area (Å²) in [6.45, 7) is 7.62. The number of hydrogen-bond acceptors (Lipinski definition) is 2. The average molecular weight is 342 g/mol. The van der Waals surface area contributed by atoms with Crippen LogP contribution in [0.25, 0.3) is 11.1 Å². The zero-order chi connectivity index (χ0) is 17.8. The summed E-state index contributed by atoms with van der Waals surface area (Å²) in [7, 11) is 0. The first-order valence-electron chi connectivity index (χ1n) is 9.46. The van der Waals surface area contributed by atoms with Crippen molar-refractivity contribution in [1.29, 1.82) is 0 Å². The van der Waals surface area contributed by atoms with Gasteiger partial charge in [-0.15, -0.1) is 0 Å². The molecule has 0 aliphatic carbocycles. The van der Waals surface area contributed by atoms with E-state index in [1.807, 2.05) is 0 Å². The van der Waals surface area contributed by atoms with Gasteiger partial charge in [-0.1, -0.05) is 60.7 Å². The second-order valence-corrected chi connectivity index (χ2v) is 7.17. The number of rotatable bonds is 4. The van der Waals surface area contributed by atoms with Crippen molar-refractivity contribution >= 4 is 5.69 Å². The summed E-state index contributed by atoms with van der Waals surface area (Å²) in [6, 6.07) is 28.5. The lowest BCUT2D eigenvalue weighted by Gasteiger charge is -2.36. The lowest BCUT2D eigenvalue weighted by Crippen LogP contribution is -2.45. The van der Waals surface area contributed by atoms with Gasteiger partial charge in [0.25, 0.3) is 0 Å². The normalized spacial score (nSPS) is 15.2. The number of piperazine rings is 1. The first-order valence-corrected chi connectivity index (χ1v) is 9.46. The minimum Gasteiger partial charge on any atom is -0.369 e. The lowest BCUT2D eigenvalue weighted by molar-refractivity contribution is 0.250. The molecule has 1 aliphatic rings. The molecule has 0 unspecified atom stereocenters. The van der Waals surface area contributed by atoms with Crippen molar-refractivity contribution in [2.75, 3.05) is 31.1 Å². The van der Waals surface area contributed by atoms with Crippen LogP contribution in [0, 0.1) is 6.92 Å². The van der Waals surface area contributed by atoms with Gasteiger partial charge in [0.2, 0.25) is 0 Å². The van der Waals surface area contributed by atoms with E-state index in [0.717, 1.165) is 32.7 Å². The number of hydrogen-bond donors (Lipinski definition) is 0. The molecule has 1 saturated heterocycles. The molecule has 3 aromatic rings. The quantitative estimate of drug-likeness (QED) is 0.659. The van der Waals surface area contributed by atoms with Crippen molar-refractivity contribution in [3.8, 4) is 11.1 Å². The second-order valence-electron chi connectivity index (χ2n) is 7.17. The Morgan fingerprint density at radius 3 is 2.19 bits per heavy atom. The van der Waals surface area contributed by atoms with Crippen LogP contribution in [0.3, 0.4) is 0 Å². The predicted octanol–water partition coefficient (Wildman–Crippen LogP) is 4.98. The molecule has 0 atom stereocenters. The molecule has 0 radical (unpaired) electrons. The maximum atomic E-state index is 2.57. The zero-order valence-electron chi connectivity index (χ0n) is 15.4. The Labute approximate surface area is 156 Å².